The van der Waals surface area contributed by atoms with Crippen molar-refractivity contribution in [3.05, 3.63) is 95.1 Å². The van der Waals surface area contributed by atoms with Gasteiger partial charge in [-0.3, -0.25) is 9.69 Å². The summed E-state index contributed by atoms with van der Waals surface area (Å²) in [5.74, 6) is 0.759. The molecule has 2 aliphatic heterocycles. The summed E-state index contributed by atoms with van der Waals surface area (Å²) in [6.45, 7) is 7.36. The normalized spacial score (nSPS) is 27.2. The van der Waals surface area contributed by atoms with Crippen molar-refractivity contribution in [1.82, 2.24) is 10.2 Å². The number of hydrogen-bond acceptors (Lipinski definition) is 6. The van der Waals surface area contributed by atoms with Gasteiger partial charge >= 0.3 is 0 Å². The van der Waals surface area contributed by atoms with E-state index in [2.05, 4.69) is 79.5 Å². The van der Waals surface area contributed by atoms with Gasteiger partial charge in [0.25, 0.3) is 0 Å². The number of piperidine rings is 1. The number of ether oxygens (including phenoxy) is 2. The fourth-order valence-electron chi connectivity index (χ4n) is 7.74. The number of rotatable bonds is 8. The van der Waals surface area contributed by atoms with Crippen LogP contribution in [0.5, 0.6) is 0 Å². The number of carbonyl (C=O) groups excluding carboxylic acids is 1. The average molecular weight is 626 g/mol. The van der Waals surface area contributed by atoms with Crippen molar-refractivity contribution < 1.29 is 19.4 Å². The number of fused-ring (bicyclic) bond motifs is 1. The number of carbonyl (C=O) groups is 1. The van der Waals surface area contributed by atoms with Crippen LogP contribution in [0, 0.1) is 5.92 Å². The molecule has 3 fully saturated rings. The number of nitrogens with zero attached hydrogens (tertiary/aromatic N) is 1. The highest BCUT2D eigenvalue weighted by Crippen LogP contribution is 2.42. The molecule has 2 saturated heterocycles. The van der Waals surface area contributed by atoms with E-state index < -0.39 is 6.29 Å². The predicted molar refractivity (Wildman–Crippen MR) is 182 cm³/mol. The summed E-state index contributed by atoms with van der Waals surface area (Å²) in [4.78, 5) is 16.2. The van der Waals surface area contributed by atoms with Crippen LogP contribution >= 0.6 is 0 Å². The molecular weight excluding hydrogens is 574 g/mol. The fraction of sp³-hybridized carbons (Fsp3) is 0.513. The maximum Gasteiger partial charge on any atom is 0.237 e. The largest absolute Gasteiger partial charge is 0.392 e. The molecule has 1 amide bonds. The highest BCUT2D eigenvalue weighted by atomic mass is 16.7. The van der Waals surface area contributed by atoms with Gasteiger partial charge in [0.1, 0.15) is 0 Å². The number of aliphatic hydroxyl groups excluding tert-OH is 1. The highest BCUT2D eigenvalue weighted by molar-refractivity contribution is 5.82. The molecule has 3 aliphatic rings. The van der Waals surface area contributed by atoms with Gasteiger partial charge in [-0.2, -0.15) is 0 Å². The van der Waals surface area contributed by atoms with E-state index in [0.717, 1.165) is 52.6 Å². The molecule has 6 rings (SSSR count). The fourth-order valence-corrected chi connectivity index (χ4v) is 7.74. The lowest BCUT2D eigenvalue weighted by atomic mass is 9.75. The van der Waals surface area contributed by atoms with Crippen LogP contribution in [0.1, 0.15) is 100 Å². The summed E-state index contributed by atoms with van der Waals surface area (Å²) in [5, 5.41) is 12.9. The van der Waals surface area contributed by atoms with Gasteiger partial charge in [-0.15, -0.1) is 0 Å². The van der Waals surface area contributed by atoms with E-state index in [1.165, 1.54) is 19.3 Å². The van der Waals surface area contributed by atoms with Gasteiger partial charge < -0.3 is 25.6 Å². The third-order valence-electron chi connectivity index (χ3n) is 9.99. The summed E-state index contributed by atoms with van der Waals surface area (Å²) in [6, 6.07) is 25.0. The number of amides is 1. The van der Waals surface area contributed by atoms with Gasteiger partial charge in [0.05, 0.1) is 24.9 Å². The van der Waals surface area contributed by atoms with Gasteiger partial charge in [-0.1, -0.05) is 73.5 Å². The van der Waals surface area contributed by atoms with Crippen LogP contribution in [-0.4, -0.2) is 46.2 Å². The molecule has 6 atom stereocenters. The Labute approximate surface area is 274 Å². The van der Waals surface area contributed by atoms with Gasteiger partial charge in [0.2, 0.25) is 5.91 Å². The SMILES string of the molecule is CC(C)(C)NC(=O)[C@H]1CC[C@H]2CCCC[C@H]2N1C[C@@H]1C[C@H](c2ccc(CO)cc2)O[C@H](c2cccc(-c3cccc(CN)c3)c2)O1. The van der Waals surface area contributed by atoms with Crippen molar-refractivity contribution in [2.45, 2.75) is 115 Å². The highest BCUT2D eigenvalue weighted by Gasteiger charge is 2.44. The van der Waals surface area contributed by atoms with Gasteiger partial charge in [-0.05, 0) is 92.3 Å². The lowest BCUT2D eigenvalue weighted by Crippen LogP contribution is -2.61. The summed E-state index contributed by atoms with van der Waals surface area (Å²) < 4.78 is 13.6. The summed E-state index contributed by atoms with van der Waals surface area (Å²) in [5.41, 5.74) is 11.9. The second kappa shape index (κ2) is 14.4. The molecule has 3 aromatic carbocycles. The Bertz CT molecular complexity index is 1470. The zero-order valence-corrected chi connectivity index (χ0v) is 27.7. The second-order valence-corrected chi connectivity index (χ2v) is 14.5. The lowest BCUT2D eigenvalue weighted by molar-refractivity contribution is -0.255. The number of likely N-dealkylation sites (tertiary alicyclic amines) is 1. The topological polar surface area (TPSA) is 97.1 Å². The van der Waals surface area contributed by atoms with Crippen LogP contribution < -0.4 is 11.1 Å². The molecule has 246 valence electrons. The van der Waals surface area contributed by atoms with Crippen molar-refractivity contribution in [2.75, 3.05) is 6.54 Å². The third kappa shape index (κ3) is 7.72. The molecule has 0 aromatic heterocycles. The molecule has 1 saturated carbocycles. The minimum absolute atomic E-state index is 0.00778. The Kier molecular flexibility index (Phi) is 10.3. The van der Waals surface area contributed by atoms with Gasteiger partial charge in [-0.25, -0.2) is 0 Å². The van der Waals surface area contributed by atoms with E-state index in [9.17, 15) is 9.90 Å². The summed E-state index contributed by atoms with van der Waals surface area (Å²) >= 11 is 0. The smallest absolute Gasteiger partial charge is 0.237 e. The molecular formula is C39H51N3O4. The number of nitrogens with one attached hydrogen (secondary N) is 1. The molecule has 2 heterocycles. The molecule has 1 aliphatic carbocycles. The van der Waals surface area contributed by atoms with E-state index in [0.29, 0.717) is 31.5 Å². The first-order chi connectivity index (χ1) is 22.2. The van der Waals surface area contributed by atoms with Crippen molar-refractivity contribution in [3.8, 4) is 11.1 Å². The van der Waals surface area contributed by atoms with Crippen LogP contribution in [0.3, 0.4) is 0 Å². The Morgan fingerprint density at radius 1 is 0.891 bits per heavy atom. The zero-order chi connectivity index (χ0) is 32.3. The van der Waals surface area contributed by atoms with Gasteiger partial charge in [0.15, 0.2) is 6.29 Å². The van der Waals surface area contributed by atoms with Crippen LogP contribution in [0.15, 0.2) is 72.8 Å². The quantitative estimate of drug-likeness (QED) is 0.255. The third-order valence-corrected chi connectivity index (χ3v) is 9.99. The van der Waals surface area contributed by atoms with E-state index in [4.69, 9.17) is 15.2 Å². The van der Waals surface area contributed by atoms with E-state index in [-0.39, 0.29) is 36.3 Å². The van der Waals surface area contributed by atoms with Crippen LogP contribution in [0.25, 0.3) is 11.1 Å². The van der Waals surface area contributed by atoms with Crippen molar-refractivity contribution in [3.63, 3.8) is 0 Å². The summed E-state index contributed by atoms with van der Waals surface area (Å²) in [6.07, 6.45) is 6.66. The first-order valence-electron chi connectivity index (χ1n) is 17.2. The first kappa shape index (κ1) is 32.9. The van der Waals surface area contributed by atoms with E-state index in [1.807, 2.05) is 24.3 Å². The van der Waals surface area contributed by atoms with Crippen LogP contribution in [0.4, 0.5) is 0 Å². The van der Waals surface area contributed by atoms with Crippen molar-refractivity contribution >= 4 is 5.91 Å². The molecule has 46 heavy (non-hydrogen) atoms. The Morgan fingerprint density at radius 2 is 1.63 bits per heavy atom. The molecule has 0 bridgehead atoms. The average Bonchev–Trinajstić information content (AvgIpc) is 3.07. The van der Waals surface area contributed by atoms with Crippen molar-refractivity contribution in [2.24, 2.45) is 11.7 Å². The molecule has 3 aromatic rings. The molecule has 0 radical (unpaired) electrons. The maximum absolute atomic E-state index is 13.7. The Hall–Kier alpha value is -3.07. The minimum atomic E-state index is -0.562. The standard InChI is InChI=1S/C39H51N3O4/c1-39(2,3)41-37(44)35-19-18-28-9-4-5-13-34(28)42(35)24-33-22-36(29-16-14-26(25-43)15-17-29)46-38(45-33)32-12-7-11-31(21-32)30-10-6-8-27(20-30)23-40/h6-8,10-12,14-17,20-21,28,33-36,38,43H,4-5,9,13,18-19,22-25,40H2,1-3H3,(H,41,44)/t28-,33+,34-,35-,36-,38-/m1/s1. The number of aliphatic hydroxyl groups is 1. The van der Waals surface area contributed by atoms with Gasteiger partial charge in [0, 0.05) is 36.7 Å². The lowest BCUT2D eigenvalue weighted by Gasteiger charge is -2.50. The second-order valence-electron chi connectivity index (χ2n) is 14.5. The van der Waals surface area contributed by atoms with Crippen LogP contribution in [-0.2, 0) is 27.4 Å². The number of hydrogen-bond donors (Lipinski definition) is 3. The maximum atomic E-state index is 13.7. The summed E-state index contributed by atoms with van der Waals surface area (Å²) in [7, 11) is 0. The minimum Gasteiger partial charge on any atom is -0.392 e. The van der Waals surface area contributed by atoms with E-state index >= 15 is 0 Å². The molecule has 7 nitrogen and oxygen atoms in total. The molecule has 4 N–H and O–H groups in total. The molecule has 7 heteroatoms. The monoisotopic (exact) mass is 625 g/mol. The number of benzene rings is 3. The number of nitrogens with two attached hydrogens (primary N) is 1. The van der Waals surface area contributed by atoms with Crippen molar-refractivity contribution in [1.29, 1.82) is 0 Å². The zero-order valence-electron chi connectivity index (χ0n) is 27.7. The predicted octanol–water partition coefficient (Wildman–Crippen LogP) is 6.79. The Balaban J connectivity index is 1.31. The Morgan fingerprint density at radius 3 is 2.37 bits per heavy atom. The van der Waals surface area contributed by atoms with Crippen LogP contribution in [0.2, 0.25) is 0 Å². The molecule has 0 unspecified atom stereocenters. The molecule has 0 spiro atoms. The first-order valence-corrected chi connectivity index (χ1v) is 17.2. The van der Waals surface area contributed by atoms with E-state index in [1.54, 1.807) is 0 Å².